The number of carbonyl (C=O) groups is 3. The van der Waals surface area contributed by atoms with E-state index in [0.29, 0.717) is 44.9 Å². The summed E-state index contributed by atoms with van der Waals surface area (Å²) in [4.78, 5) is 40.9. The molecule has 2 unspecified atom stereocenters. The van der Waals surface area contributed by atoms with Crippen molar-refractivity contribution < 1.29 is 18.8 Å². The van der Waals surface area contributed by atoms with Crippen LogP contribution in [0.3, 0.4) is 0 Å². The molecule has 1 saturated heterocycles. The highest BCUT2D eigenvalue weighted by Crippen LogP contribution is 2.40. The van der Waals surface area contributed by atoms with E-state index in [9.17, 15) is 14.4 Å². The zero-order chi connectivity index (χ0) is 20.4. The number of piperazine rings is 1. The van der Waals surface area contributed by atoms with E-state index in [2.05, 4.69) is 5.32 Å². The fraction of sp³-hybridized carbons (Fsp3) is 0.409. The maximum absolute atomic E-state index is 12.7. The molecule has 1 saturated carbocycles. The van der Waals surface area contributed by atoms with Gasteiger partial charge in [0.15, 0.2) is 5.76 Å². The summed E-state index contributed by atoms with van der Waals surface area (Å²) in [6.45, 7) is 4.41. The lowest BCUT2D eigenvalue weighted by Crippen LogP contribution is -2.51. The topological polar surface area (TPSA) is 82.9 Å². The van der Waals surface area contributed by atoms with Crippen LogP contribution in [0.25, 0.3) is 0 Å². The third-order valence-electron chi connectivity index (χ3n) is 5.60. The molecule has 3 amide bonds. The Morgan fingerprint density at radius 1 is 1.03 bits per heavy atom. The summed E-state index contributed by atoms with van der Waals surface area (Å²) < 4.78 is 5.16. The van der Waals surface area contributed by atoms with Crippen LogP contribution in [0.15, 0.2) is 47.1 Å². The summed E-state index contributed by atoms with van der Waals surface area (Å²) in [5.74, 6) is -0.351. The average molecular weight is 395 g/mol. The fourth-order valence-corrected chi connectivity index (χ4v) is 3.82. The van der Waals surface area contributed by atoms with Gasteiger partial charge in [-0.2, -0.15) is 0 Å². The zero-order valence-electron chi connectivity index (χ0n) is 16.5. The number of hydrogen-bond acceptors (Lipinski definition) is 4. The Morgan fingerprint density at radius 2 is 1.79 bits per heavy atom. The number of benzene rings is 1. The van der Waals surface area contributed by atoms with E-state index in [1.54, 1.807) is 21.9 Å². The van der Waals surface area contributed by atoms with E-state index in [0.717, 1.165) is 11.1 Å². The second-order valence-electron chi connectivity index (χ2n) is 7.75. The van der Waals surface area contributed by atoms with Gasteiger partial charge in [-0.1, -0.05) is 29.8 Å². The van der Waals surface area contributed by atoms with Gasteiger partial charge in [-0.15, -0.1) is 0 Å². The lowest BCUT2D eigenvalue weighted by Gasteiger charge is -2.34. The molecule has 2 fully saturated rings. The van der Waals surface area contributed by atoms with Crippen LogP contribution in [0.1, 0.15) is 28.1 Å². The van der Waals surface area contributed by atoms with Gasteiger partial charge in [0.2, 0.25) is 11.8 Å². The third kappa shape index (κ3) is 4.34. The third-order valence-corrected chi connectivity index (χ3v) is 5.60. The van der Waals surface area contributed by atoms with Gasteiger partial charge in [-0.3, -0.25) is 14.4 Å². The molecule has 0 radical (unpaired) electrons. The molecule has 152 valence electrons. The number of carbonyl (C=O) groups excluding carboxylic acids is 3. The number of rotatable bonds is 5. The maximum Gasteiger partial charge on any atom is 0.289 e. The minimum atomic E-state index is -0.241. The van der Waals surface area contributed by atoms with Gasteiger partial charge in [0.25, 0.3) is 5.91 Å². The summed E-state index contributed by atoms with van der Waals surface area (Å²) in [6.07, 6.45) is 2.08. The van der Waals surface area contributed by atoms with E-state index in [1.807, 2.05) is 31.2 Å². The fourth-order valence-electron chi connectivity index (χ4n) is 3.82. The minimum absolute atomic E-state index is 0.0193. The predicted octanol–water partition coefficient (Wildman–Crippen LogP) is 1.82. The van der Waals surface area contributed by atoms with Crippen LogP contribution in [0, 0.1) is 18.8 Å². The van der Waals surface area contributed by atoms with Crippen molar-refractivity contribution in [3.8, 4) is 0 Å². The SMILES string of the molecule is Cc1cccc(CNC(=O)C2CC2C(=O)N2CCN(C(=O)c3ccco3)CC2)c1. The molecule has 0 spiro atoms. The number of aryl methyl sites for hydroxylation is 1. The lowest BCUT2D eigenvalue weighted by molar-refractivity contribution is -0.136. The van der Waals surface area contributed by atoms with Crippen LogP contribution < -0.4 is 5.32 Å². The maximum atomic E-state index is 12.7. The van der Waals surface area contributed by atoms with Crippen molar-refractivity contribution in [2.24, 2.45) is 11.8 Å². The van der Waals surface area contributed by atoms with Crippen molar-refractivity contribution in [1.82, 2.24) is 15.1 Å². The Morgan fingerprint density at radius 3 is 2.48 bits per heavy atom. The van der Waals surface area contributed by atoms with Crippen molar-refractivity contribution >= 4 is 17.7 Å². The number of furan rings is 1. The molecule has 2 atom stereocenters. The predicted molar refractivity (Wildman–Crippen MR) is 106 cm³/mol. The summed E-state index contributed by atoms with van der Waals surface area (Å²) in [6, 6.07) is 11.3. The second-order valence-corrected chi connectivity index (χ2v) is 7.75. The monoisotopic (exact) mass is 395 g/mol. The van der Waals surface area contributed by atoms with Crippen LogP contribution in [0.2, 0.25) is 0 Å². The Labute approximate surface area is 169 Å². The van der Waals surface area contributed by atoms with E-state index < -0.39 is 0 Å². The molecule has 1 aliphatic heterocycles. The molecule has 0 bridgehead atoms. The highest BCUT2D eigenvalue weighted by molar-refractivity contribution is 5.93. The van der Waals surface area contributed by atoms with Crippen LogP contribution in [-0.2, 0) is 16.1 Å². The average Bonchev–Trinajstić information content (AvgIpc) is 3.35. The van der Waals surface area contributed by atoms with Gasteiger partial charge in [0.05, 0.1) is 18.1 Å². The number of nitrogens with zero attached hydrogens (tertiary/aromatic N) is 2. The summed E-state index contributed by atoms with van der Waals surface area (Å²) in [5.41, 5.74) is 2.21. The Bertz CT molecular complexity index is 901. The molecule has 29 heavy (non-hydrogen) atoms. The van der Waals surface area contributed by atoms with Crippen LogP contribution in [-0.4, -0.2) is 53.7 Å². The van der Waals surface area contributed by atoms with Crippen molar-refractivity contribution in [2.45, 2.75) is 19.9 Å². The molecule has 2 aliphatic rings. The standard InChI is InChI=1S/C22H25N3O4/c1-15-4-2-5-16(12-15)14-23-20(26)17-13-18(17)21(27)24-7-9-25(10-8-24)22(28)19-6-3-11-29-19/h2-6,11-12,17-18H,7-10,13-14H2,1H3,(H,23,26). The Hall–Kier alpha value is -3.09. The molecule has 7 heteroatoms. The first-order valence-corrected chi connectivity index (χ1v) is 9.98. The normalized spacial score (nSPS) is 21.0. The van der Waals surface area contributed by atoms with E-state index in [-0.39, 0.29) is 29.6 Å². The van der Waals surface area contributed by atoms with Gasteiger partial charge in [0, 0.05) is 32.7 Å². The molecule has 2 aromatic rings. The molecule has 7 nitrogen and oxygen atoms in total. The molecule has 4 rings (SSSR count). The Balaban J connectivity index is 1.23. The summed E-state index contributed by atoms with van der Waals surface area (Å²) in [5, 5.41) is 2.94. The van der Waals surface area contributed by atoms with Gasteiger partial charge in [-0.05, 0) is 31.0 Å². The summed E-state index contributed by atoms with van der Waals surface area (Å²) in [7, 11) is 0. The summed E-state index contributed by atoms with van der Waals surface area (Å²) >= 11 is 0. The first-order valence-electron chi connectivity index (χ1n) is 9.98. The largest absolute Gasteiger partial charge is 0.459 e. The van der Waals surface area contributed by atoms with E-state index in [4.69, 9.17) is 4.42 Å². The first-order chi connectivity index (χ1) is 14.0. The smallest absolute Gasteiger partial charge is 0.289 e. The molecular formula is C22H25N3O4. The molecule has 1 N–H and O–H groups in total. The number of hydrogen-bond donors (Lipinski definition) is 1. The van der Waals surface area contributed by atoms with Crippen LogP contribution in [0.4, 0.5) is 0 Å². The molecule has 1 aliphatic carbocycles. The highest BCUT2D eigenvalue weighted by atomic mass is 16.3. The second kappa shape index (κ2) is 8.11. The molecule has 1 aromatic heterocycles. The first kappa shape index (κ1) is 19.2. The van der Waals surface area contributed by atoms with Crippen molar-refractivity contribution in [3.05, 3.63) is 59.5 Å². The van der Waals surface area contributed by atoms with E-state index >= 15 is 0 Å². The van der Waals surface area contributed by atoms with Crippen molar-refractivity contribution in [2.75, 3.05) is 26.2 Å². The molecular weight excluding hydrogens is 370 g/mol. The number of amides is 3. The van der Waals surface area contributed by atoms with Gasteiger partial charge >= 0.3 is 0 Å². The zero-order valence-corrected chi connectivity index (χ0v) is 16.5. The highest BCUT2D eigenvalue weighted by Gasteiger charge is 2.49. The van der Waals surface area contributed by atoms with Crippen LogP contribution in [0.5, 0.6) is 0 Å². The van der Waals surface area contributed by atoms with E-state index in [1.165, 1.54) is 6.26 Å². The molecule has 2 heterocycles. The Kier molecular flexibility index (Phi) is 5.38. The number of nitrogens with one attached hydrogen (secondary N) is 1. The van der Waals surface area contributed by atoms with Gasteiger partial charge in [-0.25, -0.2) is 0 Å². The lowest BCUT2D eigenvalue weighted by atomic mass is 10.1. The quantitative estimate of drug-likeness (QED) is 0.837. The van der Waals surface area contributed by atoms with Crippen molar-refractivity contribution in [1.29, 1.82) is 0 Å². The minimum Gasteiger partial charge on any atom is -0.459 e. The van der Waals surface area contributed by atoms with Crippen molar-refractivity contribution in [3.63, 3.8) is 0 Å². The van der Waals surface area contributed by atoms with Crippen LogP contribution >= 0.6 is 0 Å². The van der Waals surface area contributed by atoms with Gasteiger partial charge < -0.3 is 19.5 Å². The molecule has 1 aromatic carbocycles. The van der Waals surface area contributed by atoms with Gasteiger partial charge in [0.1, 0.15) is 0 Å².